The zero-order chi connectivity index (χ0) is 18.3. The highest BCUT2D eigenvalue weighted by molar-refractivity contribution is 5.98. The maximum atomic E-state index is 10.1. The molecule has 0 saturated carbocycles. The van der Waals surface area contributed by atoms with Gasteiger partial charge in [0.05, 0.1) is 0 Å². The average molecular weight is 310 g/mol. The van der Waals surface area contributed by atoms with Crippen molar-refractivity contribution in [1.29, 1.82) is 5.26 Å². The first-order valence-electron chi connectivity index (χ1n) is 5.62. The van der Waals surface area contributed by atoms with Gasteiger partial charge in [0.2, 0.25) is 11.8 Å². The molecule has 0 fully saturated rings. The SMILES string of the molecule is CC(C(N)=O)C(N)=O.[C-]#[N+]C(C#N)OC.[C-]#[N+]C(C)C(N)=O. The quantitative estimate of drug-likeness (QED) is 0.435. The topological polar surface area (TPSA) is 171 Å². The van der Waals surface area contributed by atoms with Crippen molar-refractivity contribution in [2.75, 3.05) is 7.11 Å². The van der Waals surface area contributed by atoms with Crippen molar-refractivity contribution in [3.63, 3.8) is 0 Å². The van der Waals surface area contributed by atoms with Crippen LogP contribution in [0.5, 0.6) is 0 Å². The number of carbonyl (C=O) groups is 3. The molecule has 0 aliphatic rings. The first-order valence-corrected chi connectivity index (χ1v) is 5.62. The molecule has 10 heteroatoms. The maximum absolute atomic E-state index is 10.1. The third-order valence-electron chi connectivity index (χ3n) is 1.91. The van der Waals surface area contributed by atoms with Crippen LogP contribution >= 0.6 is 0 Å². The van der Waals surface area contributed by atoms with Gasteiger partial charge < -0.3 is 26.8 Å². The second-order valence-electron chi connectivity index (χ2n) is 3.58. The molecule has 0 bridgehead atoms. The third-order valence-corrected chi connectivity index (χ3v) is 1.91. The molecule has 0 spiro atoms. The van der Waals surface area contributed by atoms with Crippen LogP contribution in [0.15, 0.2) is 0 Å². The Balaban J connectivity index is -0.000000247. The predicted molar refractivity (Wildman–Crippen MR) is 75.8 cm³/mol. The van der Waals surface area contributed by atoms with Crippen LogP contribution in [-0.2, 0) is 19.1 Å². The van der Waals surface area contributed by atoms with E-state index in [-0.39, 0.29) is 0 Å². The lowest BCUT2D eigenvalue weighted by Gasteiger charge is -1.97. The summed E-state index contributed by atoms with van der Waals surface area (Å²) in [5.41, 5.74) is 14.1. The van der Waals surface area contributed by atoms with Crippen molar-refractivity contribution >= 4 is 17.7 Å². The van der Waals surface area contributed by atoms with Gasteiger partial charge in [0.1, 0.15) is 5.92 Å². The first kappa shape index (κ1) is 23.9. The van der Waals surface area contributed by atoms with Crippen LogP contribution in [-0.4, -0.2) is 37.1 Å². The minimum absolute atomic E-state index is 0.560. The highest BCUT2D eigenvalue weighted by Crippen LogP contribution is 1.87. The number of methoxy groups -OCH3 is 1. The fourth-order valence-electron chi connectivity index (χ4n) is 0.338. The van der Waals surface area contributed by atoms with Crippen LogP contribution in [0.1, 0.15) is 13.8 Å². The molecular formula is C12H18N6O4. The van der Waals surface area contributed by atoms with E-state index in [9.17, 15) is 14.4 Å². The Labute approximate surface area is 128 Å². The molecule has 0 radical (unpaired) electrons. The number of primary amides is 3. The summed E-state index contributed by atoms with van der Waals surface area (Å²) < 4.78 is 4.33. The van der Waals surface area contributed by atoms with Crippen molar-refractivity contribution in [2.45, 2.75) is 26.1 Å². The number of ether oxygens (including phenoxy) is 1. The summed E-state index contributed by atoms with van der Waals surface area (Å²) in [6.07, 6.45) is -0.917. The molecule has 22 heavy (non-hydrogen) atoms. The van der Waals surface area contributed by atoms with Crippen LogP contribution in [0, 0.1) is 30.4 Å². The van der Waals surface area contributed by atoms with E-state index < -0.39 is 35.9 Å². The number of nitrogens with two attached hydrogens (primary N) is 3. The lowest BCUT2D eigenvalue weighted by molar-refractivity contribution is -0.130. The van der Waals surface area contributed by atoms with E-state index in [2.05, 4.69) is 14.4 Å². The van der Waals surface area contributed by atoms with Gasteiger partial charge in [-0.15, -0.1) is 0 Å². The molecule has 0 aliphatic carbocycles. The van der Waals surface area contributed by atoms with Crippen molar-refractivity contribution in [1.82, 2.24) is 0 Å². The third kappa shape index (κ3) is 14.9. The molecule has 0 aromatic rings. The second kappa shape index (κ2) is 14.3. The number of rotatable bonds is 4. The molecule has 0 aromatic heterocycles. The number of hydrogen-bond acceptors (Lipinski definition) is 5. The normalized spacial score (nSPS) is 10.8. The van der Waals surface area contributed by atoms with Crippen LogP contribution in [0.4, 0.5) is 0 Å². The standard InChI is InChI=1S/C4H8N2O2.C4H4N2O.C4H6N2O/c1-2(3(5)7)4(6)8;1-6-4(3-5)7-2;1-3(6-2)4(5)7/h2H,1H3,(H2,5,7)(H2,6,8);4H,2H3;3H,1H3,(H2,5,7). The Hall–Kier alpha value is -3.16. The van der Waals surface area contributed by atoms with Crippen LogP contribution in [0.25, 0.3) is 9.69 Å². The molecule has 0 aliphatic heterocycles. The molecule has 3 amide bonds. The number of hydrogen-bond donors (Lipinski definition) is 3. The molecule has 0 rings (SSSR count). The molecule has 6 N–H and O–H groups in total. The monoisotopic (exact) mass is 310 g/mol. The number of carbonyl (C=O) groups excluding carboxylic acids is 3. The van der Waals surface area contributed by atoms with E-state index in [1.807, 2.05) is 0 Å². The van der Waals surface area contributed by atoms with Crippen molar-refractivity contribution in [3.8, 4) is 6.07 Å². The van der Waals surface area contributed by atoms with Crippen molar-refractivity contribution in [3.05, 3.63) is 22.8 Å². The van der Waals surface area contributed by atoms with Gasteiger partial charge >= 0.3 is 6.23 Å². The van der Waals surface area contributed by atoms with Gasteiger partial charge in [0.15, 0.2) is 6.07 Å². The number of nitrogens with zero attached hydrogens (tertiary/aromatic N) is 3. The van der Waals surface area contributed by atoms with Gasteiger partial charge in [0, 0.05) is 14.0 Å². The Morgan fingerprint density at radius 1 is 1.05 bits per heavy atom. The largest absolute Gasteiger partial charge is 0.416 e. The lowest BCUT2D eigenvalue weighted by Crippen LogP contribution is -2.32. The summed E-state index contributed by atoms with van der Waals surface area (Å²) >= 11 is 0. The summed E-state index contributed by atoms with van der Waals surface area (Å²) in [5.74, 6) is -2.78. The average Bonchev–Trinajstić information content (AvgIpc) is 2.48. The summed E-state index contributed by atoms with van der Waals surface area (Å²) in [6.45, 7) is 15.3. The minimum Gasteiger partial charge on any atom is -0.369 e. The molecule has 0 heterocycles. The van der Waals surface area contributed by atoms with Crippen LogP contribution < -0.4 is 17.2 Å². The summed E-state index contributed by atoms with van der Waals surface area (Å²) in [7, 11) is 1.33. The van der Waals surface area contributed by atoms with Crippen molar-refractivity contribution in [2.24, 2.45) is 23.1 Å². The van der Waals surface area contributed by atoms with Gasteiger partial charge in [0.25, 0.3) is 11.9 Å². The molecule has 0 saturated heterocycles. The summed E-state index contributed by atoms with van der Waals surface area (Å²) in [5, 5.41) is 7.94. The van der Waals surface area contributed by atoms with E-state index >= 15 is 0 Å². The van der Waals surface area contributed by atoms with E-state index in [0.717, 1.165) is 0 Å². The molecule has 10 nitrogen and oxygen atoms in total. The Morgan fingerprint density at radius 2 is 1.45 bits per heavy atom. The van der Waals surface area contributed by atoms with E-state index in [1.54, 1.807) is 6.07 Å². The zero-order valence-electron chi connectivity index (χ0n) is 12.4. The van der Waals surface area contributed by atoms with Gasteiger partial charge in [-0.3, -0.25) is 19.2 Å². The van der Waals surface area contributed by atoms with Crippen LogP contribution in [0.3, 0.4) is 0 Å². The molecule has 120 valence electrons. The molecule has 2 unspecified atom stereocenters. The van der Waals surface area contributed by atoms with Gasteiger partial charge in [-0.2, -0.15) is 5.26 Å². The first-order chi connectivity index (χ1) is 10.1. The summed E-state index contributed by atoms with van der Waals surface area (Å²) in [4.78, 5) is 35.7. The van der Waals surface area contributed by atoms with E-state index in [1.165, 1.54) is 21.0 Å². The second-order valence-corrected chi connectivity index (χ2v) is 3.58. The Kier molecular flexibility index (Phi) is 15.5. The fourth-order valence-corrected chi connectivity index (χ4v) is 0.338. The molecule has 0 aromatic carbocycles. The van der Waals surface area contributed by atoms with Gasteiger partial charge in [-0.1, -0.05) is 0 Å². The highest BCUT2D eigenvalue weighted by atomic mass is 16.5. The molecular weight excluding hydrogens is 292 g/mol. The number of nitriles is 1. The van der Waals surface area contributed by atoms with Crippen LogP contribution in [0.2, 0.25) is 0 Å². The maximum Gasteiger partial charge on any atom is 0.416 e. The zero-order valence-corrected chi connectivity index (χ0v) is 12.4. The minimum atomic E-state index is -0.917. The van der Waals surface area contributed by atoms with Gasteiger partial charge in [-0.05, 0) is 6.92 Å². The van der Waals surface area contributed by atoms with E-state index in [0.29, 0.717) is 0 Å². The lowest BCUT2D eigenvalue weighted by atomic mass is 10.2. The fraction of sp³-hybridized carbons (Fsp3) is 0.500. The highest BCUT2D eigenvalue weighted by Gasteiger charge is 2.13. The Bertz CT molecular complexity index is 471. The predicted octanol–water partition coefficient (Wildman–Crippen LogP) is -1.23. The van der Waals surface area contributed by atoms with E-state index in [4.69, 9.17) is 35.6 Å². The smallest absolute Gasteiger partial charge is 0.369 e. The molecule has 2 atom stereocenters. The van der Waals surface area contributed by atoms with Gasteiger partial charge in [-0.25, -0.2) is 13.1 Å². The Morgan fingerprint density at radius 3 is 1.45 bits per heavy atom. The summed E-state index contributed by atoms with van der Waals surface area (Å²) in [6, 6.07) is 0.958. The van der Waals surface area contributed by atoms with Crippen molar-refractivity contribution < 1.29 is 19.1 Å². The number of amides is 3.